The molecule has 1 rings (SSSR count). The first-order valence-corrected chi connectivity index (χ1v) is 5.59. The van der Waals surface area contributed by atoms with Crippen molar-refractivity contribution in [2.75, 3.05) is 14.2 Å². The van der Waals surface area contributed by atoms with E-state index in [4.69, 9.17) is 26.8 Å². The zero-order valence-corrected chi connectivity index (χ0v) is 11.3. The lowest BCUT2D eigenvalue weighted by atomic mass is 9.95. The number of halogens is 1. The molecule has 0 saturated carbocycles. The number of phenolic OH excluding ortho intramolecular Hbond substituents is 1. The van der Waals surface area contributed by atoms with Gasteiger partial charge in [-0.2, -0.15) is 0 Å². The zero-order chi connectivity index (χ0) is 13.2. The average molecular weight is 260 g/mol. The Morgan fingerprint density at radius 3 is 2.35 bits per heavy atom. The van der Waals surface area contributed by atoms with E-state index in [1.165, 1.54) is 14.2 Å². The van der Waals surface area contributed by atoms with Gasteiger partial charge in [0, 0.05) is 11.1 Å². The summed E-state index contributed by atoms with van der Waals surface area (Å²) in [4.78, 5) is 0. The van der Waals surface area contributed by atoms with Crippen molar-refractivity contribution in [3.8, 4) is 17.2 Å². The Morgan fingerprint density at radius 2 is 1.94 bits per heavy atom. The van der Waals surface area contributed by atoms with Crippen molar-refractivity contribution in [1.82, 2.24) is 0 Å². The molecule has 0 fully saturated rings. The highest BCUT2D eigenvalue weighted by molar-refractivity contribution is 6.33. The predicted molar refractivity (Wildman–Crippen MR) is 68.2 cm³/mol. The number of nitrogens with two attached hydrogens (primary N) is 1. The van der Waals surface area contributed by atoms with Crippen molar-refractivity contribution in [3.63, 3.8) is 0 Å². The minimum Gasteiger partial charge on any atom is -0.506 e. The van der Waals surface area contributed by atoms with Crippen LogP contribution in [0.3, 0.4) is 0 Å². The molecule has 3 N–H and O–H groups in total. The van der Waals surface area contributed by atoms with Crippen LogP contribution in [-0.4, -0.2) is 24.9 Å². The molecular weight excluding hydrogens is 242 g/mol. The molecular formula is C12H18ClNO3. The van der Waals surface area contributed by atoms with E-state index in [0.29, 0.717) is 23.5 Å². The SMILES string of the molecule is COc1cc(CC(C)(C)N)c(O)c(Cl)c1OC. The van der Waals surface area contributed by atoms with Crippen LogP contribution >= 0.6 is 11.6 Å². The number of phenols is 1. The smallest absolute Gasteiger partial charge is 0.183 e. The fraction of sp³-hybridized carbons (Fsp3) is 0.500. The van der Waals surface area contributed by atoms with Crippen molar-refractivity contribution in [2.45, 2.75) is 25.8 Å². The summed E-state index contributed by atoms with van der Waals surface area (Å²) in [5, 5.41) is 10.1. The third-order valence-electron chi connectivity index (χ3n) is 2.31. The molecule has 0 bridgehead atoms. The summed E-state index contributed by atoms with van der Waals surface area (Å²) in [5.74, 6) is 0.794. The molecule has 0 aliphatic heterocycles. The van der Waals surface area contributed by atoms with Gasteiger partial charge in [-0.3, -0.25) is 0 Å². The van der Waals surface area contributed by atoms with Crippen LogP contribution in [0.15, 0.2) is 6.07 Å². The normalized spacial score (nSPS) is 11.4. The number of benzene rings is 1. The second-order valence-corrected chi connectivity index (χ2v) is 4.98. The molecule has 0 spiro atoms. The van der Waals surface area contributed by atoms with Crippen LogP contribution in [0.5, 0.6) is 17.2 Å². The van der Waals surface area contributed by atoms with Gasteiger partial charge in [-0.1, -0.05) is 11.6 Å². The largest absolute Gasteiger partial charge is 0.506 e. The van der Waals surface area contributed by atoms with Crippen LogP contribution in [0.2, 0.25) is 5.02 Å². The lowest BCUT2D eigenvalue weighted by Crippen LogP contribution is -2.34. The Bertz CT molecular complexity index is 413. The molecule has 0 radical (unpaired) electrons. The van der Waals surface area contributed by atoms with E-state index in [2.05, 4.69) is 0 Å². The van der Waals surface area contributed by atoms with E-state index in [1.54, 1.807) is 6.07 Å². The summed E-state index contributed by atoms with van der Waals surface area (Å²) in [6.07, 6.45) is 0.485. The van der Waals surface area contributed by atoms with Crippen LogP contribution in [-0.2, 0) is 6.42 Å². The van der Waals surface area contributed by atoms with E-state index in [-0.39, 0.29) is 10.8 Å². The minimum atomic E-state index is -0.444. The molecule has 0 atom stereocenters. The molecule has 5 heteroatoms. The maximum absolute atomic E-state index is 9.97. The first kappa shape index (κ1) is 13.9. The van der Waals surface area contributed by atoms with Crippen molar-refractivity contribution < 1.29 is 14.6 Å². The molecule has 0 amide bonds. The van der Waals surface area contributed by atoms with Gasteiger partial charge in [0.15, 0.2) is 11.5 Å². The summed E-state index contributed by atoms with van der Waals surface area (Å²) >= 11 is 6.02. The fourth-order valence-electron chi connectivity index (χ4n) is 1.62. The van der Waals surface area contributed by atoms with Gasteiger partial charge in [-0.05, 0) is 26.3 Å². The molecule has 96 valence electrons. The van der Waals surface area contributed by atoms with Crippen molar-refractivity contribution >= 4 is 11.6 Å². The van der Waals surface area contributed by atoms with Gasteiger partial charge in [0.25, 0.3) is 0 Å². The maximum Gasteiger partial charge on any atom is 0.183 e. The fourth-order valence-corrected chi connectivity index (χ4v) is 1.91. The number of rotatable bonds is 4. The Hall–Kier alpha value is -1.13. The molecule has 0 unspecified atom stereocenters. The average Bonchev–Trinajstić information content (AvgIpc) is 2.22. The molecule has 1 aromatic rings. The molecule has 0 aromatic heterocycles. The Kier molecular flexibility index (Phi) is 4.11. The van der Waals surface area contributed by atoms with E-state index < -0.39 is 5.54 Å². The standard InChI is InChI=1S/C12H18ClNO3/c1-12(2,14)6-7-5-8(16-3)11(17-4)9(13)10(7)15/h5,15H,6,14H2,1-4H3. The Balaban J connectivity index is 3.29. The second kappa shape index (κ2) is 5.02. The van der Waals surface area contributed by atoms with Gasteiger partial charge >= 0.3 is 0 Å². The number of methoxy groups -OCH3 is 2. The molecule has 17 heavy (non-hydrogen) atoms. The number of aromatic hydroxyl groups is 1. The van der Waals surface area contributed by atoms with Crippen LogP contribution in [0.1, 0.15) is 19.4 Å². The summed E-state index contributed by atoms with van der Waals surface area (Å²) in [6.45, 7) is 3.74. The van der Waals surface area contributed by atoms with Crippen LogP contribution in [0, 0.1) is 0 Å². The monoisotopic (exact) mass is 259 g/mol. The number of hydrogen-bond acceptors (Lipinski definition) is 4. The summed E-state index contributed by atoms with van der Waals surface area (Å²) in [7, 11) is 2.98. The third-order valence-corrected chi connectivity index (χ3v) is 2.66. The van der Waals surface area contributed by atoms with Crippen LogP contribution in [0.4, 0.5) is 0 Å². The second-order valence-electron chi connectivity index (χ2n) is 4.60. The molecule has 0 aliphatic rings. The van der Waals surface area contributed by atoms with Gasteiger partial charge in [-0.25, -0.2) is 0 Å². The summed E-state index contributed by atoms with van der Waals surface area (Å²) in [5.41, 5.74) is 6.12. The molecule has 0 aliphatic carbocycles. The van der Waals surface area contributed by atoms with Crippen molar-refractivity contribution in [3.05, 3.63) is 16.7 Å². The van der Waals surface area contributed by atoms with Gasteiger partial charge in [0.1, 0.15) is 10.8 Å². The first-order chi connectivity index (χ1) is 7.80. The maximum atomic E-state index is 9.97. The van der Waals surface area contributed by atoms with Crippen LogP contribution in [0.25, 0.3) is 0 Å². The Labute approximate surface area is 106 Å². The lowest BCUT2D eigenvalue weighted by Gasteiger charge is -2.21. The highest BCUT2D eigenvalue weighted by atomic mass is 35.5. The highest BCUT2D eigenvalue weighted by Crippen LogP contribution is 2.44. The van der Waals surface area contributed by atoms with Crippen molar-refractivity contribution in [2.24, 2.45) is 5.73 Å². The zero-order valence-electron chi connectivity index (χ0n) is 10.5. The van der Waals surface area contributed by atoms with Gasteiger partial charge in [0.05, 0.1) is 14.2 Å². The molecule has 0 heterocycles. The highest BCUT2D eigenvalue weighted by Gasteiger charge is 2.21. The van der Waals surface area contributed by atoms with Crippen LogP contribution < -0.4 is 15.2 Å². The van der Waals surface area contributed by atoms with Gasteiger partial charge in [-0.15, -0.1) is 0 Å². The van der Waals surface area contributed by atoms with E-state index in [1.807, 2.05) is 13.8 Å². The first-order valence-electron chi connectivity index (χ1n) is 5.21. The topological polar surface area (TPSA) is 64.7 Å². The predicted octanol–water partition coefficient (Wildman–Crippen LogP) is 2.34. The van der Waals surface area contributed by atoms with Gasteiger partial charge in [0.2, 0.25) is 0 Å². The minimum absolute atomic E-state index is 0.0113. The van der Waals surface area contributed by atoms with Crippen molar-refractivity contribution in [1.29, 1.82) is 0 Å². The third kappa shape index (κ3) is 3.17. The number of hydrogen-bond donors (Lipinski definition) is 2. The lowest BCUT2D eigenvalue weighted by molar-refractivity contribution is 0.349. The molecule has 0 saturated heterocycles. The number of ether oxygens (including phenoxy) is 2. The summed E-state index contributed by atoms with van der Waals surface area (Å²) in [6, 6.07) is 1.69. The molecule has 4 nitrogen and oxygen atoms in total. The quantitative estimate of drug-likeness (QED) is 0.871. The van der Waals surface area contributed by atoms with E-state index in [0.717, 1.165) is 0 Å². The van der Waals surface area contributed by atoms with Gasteiger partial charge < -0.3 is 20.3 Å². The van der Waals surface area contributed by atoms with E-state index >= 15 is 0 Å². The molecule has 1 aromatic carbocycles. The Morgan fingerprint density at radius 1 is 1.35 bits per heavy atom. The summed E-state index contributed by atoms with van der Waals surface area (Å²) < 4.78 is 10.3. The van der Waals surface area contributed by atoms with E-state index in [9.17, 15) is 5.11 Å².